The molecule has 4 N–H and O–H groups in total. The Morgan fingerprint density at radius 1 is 1.22 bits per heavy atom. The molecule has 1 atom stereocenters. The zero-order valence-electron chi connectivity index (χ0n) is 24.8. The molecule has 0 spiro atoms. The van der Waals surface area contributed by atoms with Crippen molar-refractivity contribution in [1.29, 1.82) is 0 Å². The van der Waals surface area contributed by atoms with Crippen molar-refractivity contribution in [2.24, 2.45) is 0 Å². The zero-order chi connectivity index (χ0) is 29.5. The Morgan fingerprint density at radius 3 is 2.66 bits per heavy atom. The molecule has 2 aromatic heterocycles. The van der Waals surface area contributed by atoms with Crippen molar-refractivity contribution in [3.05, 3.63) is 45.9 Å². The molecule has 1 aromatic carbocycles. The van der Waals surface area contributed by atoms with Crippen molar-refractivity contribution in [2.45, 2.75) is 90.9 Å². The highest BCUT2D eigenvalue weighted by Gasteiger charge is 2.26. The number of imidazole rings is 1. The molecule has 1 saturated heterocycles. The van der Waals surface area contributed by atoms with Crippen molar-refractivity contribution in [1.82, 2.24) is 29.3 Å². The van der Waals surface area contributed by atoms with Crippen molar-refractivity contribution >= 4 is 23.0 Å². The van der Waals surface area contributed by atoms with Gasteiger partial charge in [0.2, 0.25) is 0 Å². The number of nitrogens with zero attached hydrogens (tertiary/aromatic N) is 5. The summed E-state index contributed by atoms with van der Waals surface area (Å²) in [6.45, 7) is 12.8. The van der Waals surface area contributed by atoms with E-state index in [0.29, 0.717) is 36.4 Å². The monoisotopic (exact) mass is 567 g/mol. The van der Waals surface area contributed by atoms with E-state index in [1.54, 1.807) is 11.5 Å². The van der Waals surface area contributed by atoms with Crippen molar-refractivity contribution in [3.8, 4) is 6.01 Å². The molecule has 224 valence electrons. The van der Waals surface area contributed by atoms with Crippen LogP contribution < -0.4 is 16.2 Å². The molecule has 11 nitrogen and oxygen atoms in total. The number of aromatic nitrogens is 4. The Kier molecular flexibility index (Phi) is 10.4. The van der Waals surface area contributed by atoms with E-state index in [4.69, 9.17) is 10.5 Å². The van der Waals surface area contributed by atoms with Crippen LogP contribution in [0, 0.1) is 0 Å². The summed E-state index contributed by atoms with van der Waals surface area (Å²) < 4.78 is 7.29. The lowest BCUT2D eigenvalue weighted by Gasteiger charge is -2.40. The molecule has 41 heavy (non-hydrogen) atoms. The molecule has 3 heterocycles. The summed E-state index contributed by atoms with van der Waals surface area (Å²) in [6, 6.07) is 9.02. The molecule has 1 aliphatic rings. The first-order chi connectivity index (χ1) is 19.7. The van der Waals surface area contributed by atoms with Crippen molar-refractivity contribution in [2.75, 3.05) is 32.0 Å². The quantitative estimate of drug-likeness (QED) is 0.248. The van der Waals surface area contributed by atoms with Crippen LogP contribution in [0.4, 0.5) is 5.82 Å². The third-order valence-corrected chi connectivity index (χ3v) is 8.14. The fourth-order valence-corrected chi connectivity index (χ4v) is 5.54. The fraction of sp³-hybridized carbons (Fsp3) is 0.600. The molecule has 4 rings (SSSR count). The number of anilines is 1. The molecule has 1 unspecified atom stereocenters. The number of fused-ring (bicyclic) bond motifs is 1. The summed E-state index contributed by atoms with van der Waals surface area (Å²) in [5.74, 6) is -1.18. The average Bonchev–Trinajstić information content (AvgIpc) is 3.27. The second kappa shape index (κ2) is 14.0. The van der Waals surface area contributed by atoms with Crippen LogP contribution >= 0.6 is 0 Å². The Morgan fingerprint density at radius 2 is 1.98 bits per heavy atom. The van der Waals surface area contributed by atoms with Gasteiger partial charge in [0.15, 0.2) is 11.5 Å². The first-order valence-electron chi connectivity index (χ1n) is 14.9. The Hall–Kier alpha value is -3.44. The van der Waals surface area contributed by atoms with E-state index in [0.717, 1.165) is 69.4 Å². The summed E-state index contributed by atoms with van der Waals surface area (Å²) in [6.07, 6.45) is 4.74. The standard InChI is InChI=1S/C30H45N7O4/c1-5-6-17-41-29-33-26(31)25-27(34-29)37(30(40)32-25)14-8-13-36(24-11-15-35(16-12-24)20(2)3)19-22-9-7-10-23(18-22)21(4)28(38)39/h7,9-10,18,20-21,24H,5-6,8,11-17,19H2,1-4H3,(H,32,40)(H,38,39)(H2,31,33,34). The minimum absolute atomic E-state index is 0.185. The van der Waals surface area contributed by atoms with E-state index in [2.05, 4.69) is 51.6 Å². The average molecular weight is 568 g/mol. The van der Waals surface area contributed by atoms with Gasteiger partial charge >= 0.3 is 17.7 Å². The number of nitrogen functional groups attached to an aromatic ring is 1. The van der Waals surface area contributed by atoms with Crippen LogP contribution in [0.15, 0.2) is 29.1 Å². The highest BCUT2D eigenvalue weighted by Crippen LogP contribution is 2.24. The number of carboxylic acid groups (broad SMARTS) is 1. The lowest BCUT2D eigenvalue weighted by molar-refractivity contribution is -0.138. The predicted octanol–water partition coefficient (Wildman–Crippen LogP) is 3.83. The van der Waals surface area contributed by atoms with E-state index in [-0.39, 0.29) is 17.5 Å². The highest BCUT2D eigenvalue weighted by atomic mass is 16.5. The van der Waals surface area contributed by atoms with E-state index in [1.165, 1.54) is 0 Å². The van der Waals surface area contributed by atoms with Gasteiger partial charge in [-0.05, 0) is 70.7 Å². The topological polar surface area (TPSA) is 143 Å². The number of aliphatic carboxylic acids is 1. The van der Waals surface area contributed by atoms with Crippen LogP contribution in [0.25, 0.3) is 11.2 Å². The molecule has 0 aliphatic carbocycles. The van der Waals surface area contributed by atoms with E-state index in [1.807, 2.05) is 18.2 Å². The molecular formula is C30H45N7O4. The normalized spacial score (nSPS) is 15.7. The number of benzene rings is 1. The van der Waals surface area contributed by atoms with Gasteiger partial charge in [0.05, 0.1) is 12.5 Å². The molecule has 1 fully saturated rings. The second-order valence-corrected chi connectivity index (χ2v) is 11.4. The summed E-state index contributed by atoms with van der Waals surface area (Å²) in [5, 5.41) is 9.50. The summed E-state index contributed by atoms with van der Waals surface area (Å²) in [5.41, 5.74) is 8.66. The van der Waals surface area contributed by atoms with Gasteiger partial charge in [0.1, 0.15) is 5.52 Å². The van der Waals surface area contributed by atoms with Crippen LogP contribution in [0.5, 0.6) is 6.01 Å². The third-order valence-electron chi connectivity index (χ3n) is 8.14. The van der Waals surface area contributed by atoms with E-state index < -0.39 is 11.9 Å². The van der Waals surface area contributed by atoms with Gasteiger partial charge in [0.25, 0.3) is 0 Å². The van der Waals surface area contributed by atoms with Gasteiger partial charge in [-0.25, -0.2) is 4.79 Å². The summed E-state index contributed by atoms with van der Waals surface area (Å²) >= 11 is 0. The van der Waals surface area contributed by atoms with E-state index in [9.17, 15) is 14.7 Å². The summed E-state index contributed by atoms with van der Waals surface area (Å²) in [7, 11) is 0. The number of aryl methyl sites for hydroxylation is 1. The number of H-pyrrole nitrogens is 1. The second-order valence-electron chi connectivity index (χ2n) is 11.4. The van der Waals surface area contributed by atoms with Gasteiger partial charge in [0, 0.05) is 31.7 Å². The number of carbonyl (C=O) groups is 1. The fourth-order valence-electron chi connectivity index (χ4n) is 5.54. The first kappa shape index (κ1) is 30.5. The first-order valence-corrected chi connectivity index (χ1v) is 14.9. The number of nitrogens with two attached hydrogens (primary N) is 1. The number of rotatable bonds is 14. The van der Waals surface area contributed by atoms with Crippen molar-refractivity contribution in [3.63, 3.8) is 0 Å². The number of carboxylic acids is 1. The maximum absolute atomic E-state index is 12.9. The van der Waals surface area contributed by atoms with Gasteiger partial charge in [-0.3, -0.25) is 14.3 Å². The minimum Gasteiger partial charge on any atom is -0.481 e. The Balaban J connectivity index is 1.51. The number of aromatic amines is 1. The van der Waals surface area contributed by atoms with Crippen LogP contribution in [0.2, 0.25) is 0 Å². The molecule has 0 radical (unpaired) electrons. The van der Waals surface area contributed by atoms with Crippen LogP contribution in [0.3, 0.4) is 0 Å². The minimum atomic E-state index is -0.826. The molecule has 1 aliphatic heterocycles. The SMILES string of the molecule is CCCCOc1nc(N)c2[nH]c(=O)n(CCCN(Cc3cccc(C(C)C(=O)O)c3)C3CCN(C(C)C)CC3)c2n1. The number of likely N-dealkylation sites (tertiary alicyclic amines) is 1. The lowest BCUT2D eigenvalue weighted by atomic mass is 9.97. The number of ether oxygens (including phenoxy) is 1. The zero-order valence-corrected chi connectivity index (χ0v) is 24.8. The number of piperidine rings is 1. The molecule has 3 aromatic rings. The van der Waals surface area contributed by atoms with Crippen LogP contribution in [-0.4, -0.2) is 78.7 Å². The molecule has 11 heteroatoms. The van der Waals surface area contributed by atoms with Crippen LogP contribution in [0.1, 0.15) is 76.8 Å². The molecule has 0 amide bonds. The van der Waals surface area contributed by atoms with Gasteiger partial charge in [-0.2, -0.15) is 9.97 Å². The smallest absolute Gasteiger partial charge is 0.327 e. The van der Waals surface area contributed by atoms with Gasteiger partial charge < -0.3 is 25.5 Å². The van der Waals surface area contributed by atoms with Gasteiger partial charge in [-0.1, -0.05) is 37.6 Å². The Labute approximate surface area is 241 Å². The number of hydrogen-bond acceptors (Lipinski definition) is 8. The lowest BCUT2D eigenvalue weighted by Crippen LogP contribution is -2.47. The highest BCUT2D eigenvalue weighted by molar-refractivity contribution is 5.81. The molecule has 0 saturated carbocycles. The van der Waals surface area contributed by atoms with Gasteiger partial charge in [-0.15, -0.1) is 0 Å². The largest absolute Gasteiger partial charge is 0.481 e. The summed E-state index contributed by atoms with van der Waals surface area (Å²) in [4.78, 5) is 41.0. The Bertz CT molecular complexity index is 1360. The maximum atomic E-state index is 12.9. The maximum Gasteiger partial charge on any atom is 0.327 e. The number of nitrogens with one attached hydrogen (secondary N) is 1. The predicted molar refractivity (Wildman–Crippen MR) is 160 cm³/mol. The van der Waals surface area contributed by atoms with Crippen molar-refractivity contribution < 1.29 is 14.6 Å². The van der Waals surface area contributed by atoms with Crippen LogP contribution in [-0.2, 0) is 17.9 Å². The number of hydrogen-bond donors (Lipinski definition) is 3. The number of unbranched alkanes of at least 4 members (excludes halogenated alkanes) is 1. The molecular weight excluding hydrogens is 522 g/mol. The molecule has 0 bridgehead atoms. The van der Waals surface area contributed by atoms with E-state index >= 15 is 0 Å². The third kappa shape index (κ3) is 7.65.